The third-order valence-electron chi connectivity index (χ3n) is 3.52. The second-order valence-corrected chi connectivity index (χ2v) is 7.31. The molecule has 3 rings (SSSR count). The highest BCUT2D eigenvalue weighted by molar-refractivity contribution is 6.34. The van der Waals surface area contributed by atoms with E-state index in [1.54, 1.807) is 38.5 Å². The third kappa shape index (κ3) is 8.30. The highest BCUT2D eigenvalue weighted by Gasteiger charge is 2.14. The number of benzene rings is 2. The minimum absolute atomic E-state index is 0.0106. The molecular weight excluding hydrogens is 460 g/mol. The van der Waals surface area contributed by atoms with Crippen LogP contribution in [-0.2, 0) is 9.53 Å². The predicted molar refractivity (Wildman–Crippen MR) is 124 cm³/mol. The summed E-state index contributed by atoms with van der Waals surface area (Å²) in [6.07, 6.45) is 2.87. The number of amides is 1. The monoisotopic (exact) mass is 483 g/mol. The maximum Gasteiger partial charge on any atom is 0.275 e. The maximum absolute atomic E-state index is 13.5. The number of hydrogen-bond acceptors (Lipinski definition) is 5. The number of carbonyl (C=O) groups is 2. The largest absolute Gasteiger partial charge is 0.491 e. The van der Waals surface area contributed by atoms with Crippen molar-refractivity contribution >= 4 is 41.6 Å². The van der Waals surface area contributed by atoms with Crippen molar-refractivity contribution in [3.05, 3.63) is 70.5 Å². The Kier molecular flexibility index (Phi) is 11.4. The standard InChI is InChI=1S/C19H16Cl2FN3O2.C2H6O.CH2O/c1-11(2)27-15-3-4-16(21)17(8-15)24-19(26)18-9-25(10-23-18)14-6-12(20)5-13(22)7-14;1-3-2;1-2/h3-11H,1-2H3,(H,24,26);1-2H3;1H2. The van der Waals surface area contributed by atoms with Crippen LogP contribution < -0.4 is 10.1 Å². The highest BCUT2D eigenvalue weighted by atomic mass is 35.5. The van der Waals surface area contributed by atoms with E-state index in [1.807, 2.05) is 20.6 Å². The molecule has 0 aliphatic rings. The molecule has 0 unspecified atom stereocenters. The van der Waals surface area contributed by atoms with Crippen molar-refractivity contribution in [2.75, 3.05) is 19.5 Å². The van der Waals surface area contributed by atoms with Crippen molar-refractivity contribution in [1.29, 1.82) is 0 Å². The Hall–Kier alpha value is -2.94. The van der Waals surface area contributed by atoms with Gasteiger partial charge in [0.05, 0.1) is 22.5 Å². The summed E-state index contributed by atoms with van der Waals surface area (Å²) >= 11 is 12.0. The molecule has 1 N–H and O–H groups in total. The Morgan fingerprint density at radius 2 is 1.81 bits per heavy atom. The highest BCUT2D eigenvalue weighted by Crippen LogP contribution is 2.28. The summed E-state index contributed by atoms with van der Waals surface area (Å²) in [5.41, 5.74) is 1.00. The molecular formula is C22H24Cl2FN3O4. The quantitative estimate of drug-likeness (QED) is 0.522. The summed E-state index contributed by atoms with van der Waals surface area (Å²) in [4.78, 5) is 24.6. The molecule has 7 nitrogen and oxygen atoms in total. The van der Waals surface area contributed by atoms with E-state index < -0.39 is 11.7 Å². The zero-order valence-electron chi connectivity index (χ0n) is 18.1. The fourth-order valence-electron chi connectivity index (χ4n) is 2.40. The molecule has 0 saturated heterocycles. The number of halogens is 3. The van der Waals surface area contributed by atoms with E-state index in [-0.39, 0.29) is 16.8 Å². The van der Waals surface area contributed by atoms with Crippen LogP contribution >= 0.6 is 23.2 Å². The predicted octanol–water partition coefficient (Wildman–Crippen LogP) is 5.44. The number of rotatable bonds is 5. The summed E-state index contributed by atoms with van der Waals surface area (Å²) in [7, 11) is 3.25. The molecule has 3 aromatic rings. The Morgan fingerprint density at radius 1 is 1.16 bits per heavy atom. The van der Waals surface area contributed by atoms with Gasteiger partial charge in [0.25, 0.3) is 5.91 Å². The van der Waals surface area contributed by atoms with E-state index >= 15 is 0 Å². The first-order valence-corrected chi connectivity index (χ1v) is 9.96. The van der Waals surface area contributed by atoms with Crippen LogP contribution in [0.15, 0.2) is 48.9 Å². The number of anilines is 1. The van der Waals surface area contributed by atoms with Crippen LogP contribution in [0.5, 0.6) is 5.75 Å². The number of carbonyl (C=O) groups excluding carboxylic acids is 2. The van der Waals surface area contributed by atoms with Crippen LogP contribution in [0.25, 0.3) is 5.69 Å². The number of aromatic nitrogens is 2. The lowest BCUT2D eigenvalue weighted by molar-refractivity contribution is -0.0980. The Balaban J connectivity index is 0.000000944. The maximum atomic E-state index is 13.5. The van der Waals surface area contributed by atoms with Gasteiger partial charge in [0.15, 0.2) is 0 Å². The van der Waals surface area contributed by atoms with Crippen LogP contribution in [0, 0.1) is 5.82 Å². The van der Waals surface area contributed by atoms with Crippen molar-refractivity contribution in [2.24, 2.45) is 0 Å². The Morgan fingerprint density at radius 3 is 2.41 bits per heavy atom. The van der Waals surface area contributed by atoms with Gasteiger partial charge in [0, 0.05) is 31.5 Å². The molecule has 1 aromatic heterocycles. The number of imidazole rings is 1. The molecule has 0 bridgehead atoms. The van der Waals surface area contributed by atoms with Crippen molar-refractivity contribution in [3.8, 4) is 11.4 Å². The van der Waals surface area contributed by atoms with Crippen LogP contribution in [-0.4, -0.2) is 42.6 Å². The van der Waals surface area contributed by atoms with Gasteiger partial charge in [-0.15, -0.1) is 0 Å². The molecule has 0 radical (unpaired) electrons. The van der Waals surface area contributed by atoms with Crippen molar-refractivity contribution < 1.29 is 23.5 Å². The molecule has 0 fully saturated rings. The van der Waals surface area contributed by atoms with Gasteiger partial charge in [-0.05, 0) is 44.2 Å². The zero-order chi connectivity index (χ0) is 24.3. The summed E-state index contributed by atoms with van der Waals surface area (Å²) < 4.78 is 24.9. The minimum Gasteiger partial charge on any atom is -0.491 e. The molecule has 0 saturated carbocycles. The third-order valence-corrected chi connectivity index (χ3v) is 4.07. The van der Waals surface area contributed by atoms with E-state index in [4.69, 9.17) is 32.7 Å². The molecule has 1 amide bonds. The Bertz CT molecular complexity index is 1010. The van der Waals surface area contributed by atoms with Gasteiger partial charge in [-0.1, -0.05) is 23.2 Å². The molecule has 2 aromatic carbocycles. The average molecular weight is 484 g/mol. The van der Waals surface area contributed by atoms with E-state index in [0.717, 1.165) is 0 Å². The first-order valence-electron chi connectivity index (χ1n) is 9.20. The van der Waals surface area contributed by atoms with Gasteiger partial charge < -0.3 is 24.2 Å². The van der Waals surface area contributed by atoms with Gasteiger partial charge >= 0.3 is 0 Å². The fourth-order valence-corrected chi connectivity index (χ4v) is 2.78. The summed E-state index contributed by atoms with van der Waals surface area (Å²) in [5.74, 6) is -0.351. The minimum atomic E-state index is -0.481. The molecule has 10 heteroatoms. The number of ether oxygens (including phenoxy) is 2. The normalized spacial score (nSPS) is 9.88. The number of nitrogens with zero attached hydrogens (tertiary/aromatic N) is 2. The number of nitrogens with one attached hydrogen (secondary N) is 1. The smallest absolute Gasteiger partial charge is 0.275 e. The van der Waals surface area contributed by atoms with Crippen LogP contribution in [0.3, 0.4) is 0 Å². The van der Waals surface area contributed by atoms with Gasteiger partial charge in [-0.3, -0.25) is 4.79 Å². The molecule has 0 spiro atoms. The fraction of sp³-hybridized carbons (Fsp3) is 0.227. The van der Waals surface area contributed by atoms with Crippen molar-refractivity contribution in [3.63, 3.8) is 0 Å². The number of hydrogen-bond donors (Lipinski definition) is 1. The van der Waals surface area contributed by atoms with Gasteiger partial charge in [0.2, 0.25) is 0 Å². The molecule has 172 valence electrons. The second-order valence-electron chi connectivity index (χ2n) is 6.46. The van der Waals surface area contributed by atoms with Crippen LogP contribution in [0.4, 0.5) is 10.1 Å². The topological polar surface area (TPSA) is 82.5 Å². The van der Waals surface area contributed by atoms with Gasteiger partial charge in [-0.25, -0.2) is 9.37 Å². The van der Waals surface area contributed by atoms with Crippen molar-refractivity contribution in [1.82, 2.24) is 9.55 Å². The SMILES string of the molecule is C=O.CC(C)Oc1ccc(Cl)c(NC(=O)c2cn(-c3cc(F)cc(Cl)c3)cn2)c1.COC. The molecule has 0 aliphatic heterocycles. The second kappa shape index (κ2) is 13.5. The first-order chi connectivity index (χ1) is 15.2. The lowest BCUT2D eigenvalue weighted by atomic mass is 10.2. The molecule has 0 aliphatic carbocycles. The lowest BCUT2D eigenvalue weighted by Gasteiger charge is -2.12. The van der Waals surface area contributed by atoms with Gasteiger partial charge in [-0.2, -0.15) is 0 Å². The Labute approximate surface area is 196 Å². The molecule has 0 atom stereocenters. The summed E-state index contributed by atoms with van der Waals surface area (Å²) in [5, 5.41) is 3.32. The van der Waals surface area contributed by atoms with Crippen LogP contribution in [0.2, 0.25) is 10.0 Å². The van der Waals surface area contributed by atoms with E-state index in [0.29, 0.717) is 22.1 Å². The van der Waals surface area contributed by atoms with Crippen LogP contribution in [0.1, 0.15) is 24.3 Å². The lowest BCUT2D eigenvalue weighted by Crippen LogP contribution is -2.13. The summed E-state index contributed by atoms with van der Waals surface area (Å²) in [6.45, 7) is 5.80. The van der Waals surface area contributed by atoms with E-state index in [2.05, 4.69) is 15.0 Å². The van der Waals surface area contributed by atoms with Crippen molar-refractivity contribution in [2.45, 2.75) is 20.0 Å². The van der Waals surface area contributed by atoms with Gasteiger partial charge in [0.1, 0.15) is 30.4 Å². The summed E-state index contributed by atoms with van der Waals surface area (Å²) in [6, 6.07) is 9.06. The molecule has 1 heterocycles. The van der Waals surface area contributed by atoms with E-state index in [1.165, 1.54) is 29.2 Å². The number of methoxy groups -OCH3 is 1. The first kappa shape index (κ1) is 27.1. The van der Waals surface area contributed by atoms with E-state index in [9.17, 15) is 9.18 Å². The zero-order valence-corrected chi connectivity index (χ0v) is 19.6. The average Bonchev–Trinajstić information content (AvgIpc) is 3.22. The molecule has 32 heavy (non-hydrogen) atoms.